The van der Waals surface area contributed by atoms with Crippen LogP contribution >= 0.6 is 11.3 Å². The van der Waals surface area contributed by atoms with Crippen LogP contribution in [0.1, 0.15) is 69.4 Å². The molecule has 11 nitrogen and oxygen atoms in total. The molecule has 0 bridgehead atoms. The van der Waals surface area contributed by atoms with Crippen LogP contribution in [0.2, 0.25) is 0 Å². The van der Waals surface area contributed by atoms with Gasteiger partial charge >= 0.3 is 6.09 Å². The number of carbonyl (C=O) groups excluding carboxylic acids is 3. The molecule has 2 fully saturated rings. The number of hydroxylamine groups is 1. The Morgan fingerprint density at radius 2 is 1.78 bits per heavy atom. The van der Waals surface area contributed by atoms with E-state index >= 15 is 0 Å². The average molecular weight is 716 g/mol. The molecular formula is C35H42FN3O8S2. The van der Waals surface area contributed by atoms with Crippen molar-refractivity contribution in [3.63, 3.8) is 0 Å². The number of carbonyl (C=O) groups is 3. The summed E-state index contributed by atoms with van der Waals surface area (Å²) in [6.45, 7) is 5.44. The molecule has 0 radical (unpaired) electrons. The van der Waals surface area contributed by atoms with Crippen LogP contribution in [0.4, 0.5) is 9.18 Å². The number of thiophene rings is 1. The maximum Gasteiger partial charge on any atom is 0.408 e. The molecule has 2 saturated heterocycles. The molecule has 2 N–H and O–H groups in total. The topological polar surface area (TPSA) is 140 Å². The van der Waals surface area contributed by atoms with E-state index in [2.05, 4.69) is 10.8 Å². The number of amides is 3. The van der Waals surface area contributed by atoms with Crippen molar-refractivity contribution in [3.05, 3.63) is 83.0 Å². The number of rotatable bonds is 9. The SMILES string of the molecule is CC(C)(C)OC(=O)N[C@@H](C(=O)N1CCC(CC(=O)NOC2CCCCO2)(c2ccc(-c3ccc(F)cc3)s2)S(=O)(=O)CC1)c1ccccc1. The van der Waals surface area contributed by atoms with E-state index in [4.69, 9.17) is 14.3 Å². The summed E-state index contributed by atoms with van der Waals surface area (Å²) in [6, 6.07) is 16.8. The molecule has 0 aliphatic carbocycles. The molecule has 0 spiro atoms. The highest BCUT2D eigenvalue weighted by Gasteiger charge is 2.50. The number of ether oxygens (including phenoxy) is 2. The molecule has 0 saturated carbocycles. The number of sulfone groups is 1. The predicted molar refractivity (Wildman–Crippen MR) is 182 cm³/mol. The summed E-state index contributed by atoms with van der Waals surface area (Å²) in [5.74, 6) is -2.00. The van der Waals surface area contributed by atoms with Crippen molar-refractivity contribution in [2.45, 2.75) is 75.6 Å². The van der Waals surface area contributed by atoms with Crippen molar-refractivity contribution in [1.82, 2.24) is 15.7 Å². The molecule has 2 aromatic carbocycles. The van der Waals surface area contributed by atoms with Gasteiger partial charge in [-0.2, -0.15) is 0 Å². The number of nitrogens with zero attached hydrogens (tertiary/aromatic N) is 1. The van der Waals surface area contributed by atoms with Gasteiger partial charge in [0.1, 0.15) is 22.2 Å². The Kier molecular flexibility index (Phi) is 11.4. The van der Waals surface area contributed by atoms with Gasteiger partial charge in [-0.05, 0) is 75.4 Å². The summed E-state index contributed by atoms with van der Waals surface area (Å²) in [5.41, 5.74) is 2.78. The quantitative estimate of drug-likeness (QED) is 0.272. The van der Waals surface area contributed by atoms with Gasteiger partial charge in [-0.1, -0.05) is 42.5 Å². The largest absolute Gasteiger partial charge is 0.444 e. The first-order valence-corrected chi connectivity index (χ1v) is 18.7. The summed E-state index contributed by atoms with van der Waals surface area (Å²) in [7, 11) is -4.10. The lowest BCUT2D eigenvalue weighted by molar-refractivity contribution is -0.200. The third kappa shape index (κ3) is 9.04. The number of hydrogen-bond donors (Lipinski definition) is 2. The normalized spacial score (nSPS) is 21.6. The van der Waals surface area contributed by atoms with Gasteiger partial charge in [0.15, 0.2) is 16.1 Å². The molecule has 3 amide bonds. The number of hydrogen-bond acceptors (Lipinski definition) is 9. The van der Waals surface area contributed by atoms with E-state index in [0.29, 0.717) is 33.9 Å². The summed E-state index contributed by atoms with van der Waals surface area (Å²) >= 11 is 1.20. The Morgan fingerprint density at radius 3 is 2.45 bits per heavy atom. The molecule has 2 aliphatic rings. The number of alkyl carbamates (subject to hydrolysis) is 1. The second-order valence-corrected chi connectivity index (χ2v) is 16.7. The van der Waals surface area contributed by atoms with E-state index in [1.165, 1.54) is 28.4 Å². The number of halogens is 1. The Labute approximate surface area is 290 Å². The van der Waals surface area contributed by atoms with Crippen molar-refractivity contribution in [2.24, 2.45) is 0 Å². The van der Waals surface area contributed by atoms with Crippen LogP contribution in [0.3, 0.4) is 0 Å². The van der Waals surface area contributed by atoms with Gasteiger partial charge < -0.3 is 19.7 Å². The highest BCUT2D eigenvalue weighted by atomic mass is 32.2. The molecule has 264 valence electrons. The summed E-state index contributed by atoms with van der Waals surface area (Å²) in [4.78, 5) is 48.5. The van der Waals surface area contributed by atoms with Gasteiger partial charge in [-0.3, -0.25) is 9.59 Å². The van der Waals surface area contributed by atoms with Crippen molar-refractivity contribution in [3.8, 4) is 10.4 Å². The van der Waals surface area contributed by atoms with Gasteiger partial charge in [0.2, 0.25) is 11.8 Å². The number of nitrogens with one attached hydrogen (secondary N) is 2. The van der Waals surface area contributed by atoms with Crippen molar-refractivity contribution in [2.75, 3.05) is 25.4 Å². The van der Waals surface area contributed by atoms with Crippen molar-refractivity contribution in [1.29, 1.82) is 0 Å². The van der Waals surface area contributed by atoms with Gasteiger partial charge in [0, 0.05) is 35.9 Å². The maximum atomic E-state index is 14.4. The third-order valence-corrected chi connectivity index (χ3v) is 12.4. The molecular weight excluding hydrogens is 674 g/mol. The second-order valence-electron chi connectivity index (χ2n) is 13.2. The van der Waals surface area contributed by atoms with E-state index < -0.39 is 68.4 Å². The van der Waals surface area contributed by atoms with Gasteiger partial charge in [-0.15, -0.1) is 11.3 Å². The Morgan fingerprint density at radius 1 is 1.04 bits per heavy atom. The molecule has 1 aromatic heterocycles. The fraction of sp³-hybridized carbons (Fsp3) is 0.457. The minimum Gasteiger partial charge on any atom is -0.444 e. The third-order valence-electron chi connectivity index (χ3n) is 8.44. The Balaban J connectivity index is 1.45. The van der Waals surface area contributed by atoms with Crippen molar-refractivity contribution >= 4 is 39.1 Å². The minimum absolute atomic E-state index is 0.0267. The molecule has 14 heteroatoms. The molecule has 2 unspecified atom stereocenters. The lowest BCUT2D eigenvalue weighted by atomic mass is 9.96. The highest BCUT2D eigenvalue weighted by Crippen LogP contribution is 2.45. The van der Waals surface area contributed by atoms with E-state index in [0.717, 1.165) is 12.8 Å². The van der Waals surface area contributed by atoms with Gasteiger partial charge in [-0.25, -0.2) is 27.9 Å². The van der Waals surface area contributed by atoms with E-state index in [1.807, 2.05) is 0 Å². The Hall–Kier alpha value is -3.85. The minimum atomic E-state index is -4.10. The fourth-order valence-electron chi connectivity index (χ4n) is 5.92. The lowest BCUT2D eigenvalue weighted by Gasteiger charge is -2.31. The number of benzene rings is 2. The Bertz CT molecular complexity index is 1720. The fourth-order valence-corrected chi connectivity index (χ4v) is 9.52. The van der Waals surface area contributed by atoms with Crippen molar-refractivity contribution < 1.29 is 41.5 Å². The predicted octanol–water partition coefficient (Wildman–Crippen LogP) is 5.63. The smallest absolute Gasteiger partial charge is 0.408 e. The molecule has 49 heavy (non-hydrogen) atoms. The first-order chi connectivity index (χ1) is 23.3. The second kappa shape index (κ2) is 15.4. The molecule has 5 rings (SSSR count). The molecule has 3 heterocycles. The maximum absolute atomic E-state index is 14.4. The zero-order chi connectivity index (χ0) is 35.2. The standard InChI is InChI=1S/C35H42FN3O8S2/c1-34(2,3)46-33(42)37-31(25-9-5-4-6-10-25)32(41)39-19-18-35(49(43,44)22-20-39,23-29(40)38-47-30-11-7-8-21-45-30)28-17-16-27(48-28)24-12-14-26(36)15-13-24/h4-6,9-10,12-17,30-31H,7-8,11,18-23H2,1-3H3,(H,37,42)(H,38,40)/t30?,31-,35?/m1/s1. The van der Waals surface area contributed by atoms with Crippen LogP contribution in [0.5, 0.6) is 0 Å². The lowest BCUT2D eigenvalue weighted by Crippen LogP contribution is -2.45. The highest BCUT2D eigenvalue weighted by molar-refractivity contribution is 7.92. The average Bonchev–Trinajstić information content (AvgIpc) is 3.52. The van der Waals surface area contributed by atoms with E-state index in [9.17, 15) is 27.2 Å². The van der Waals surface area contributed by atoms with E-state index in [-0.39, 0.29) is 19.5 Å². The summed E-state index contributed by atoms with van der Waals surface area (Å²) < 4.78 is 51.7. The van der Waals surface area contributed by atoms with Crippen LogP contribution in [0, 0.1) is 5.82 Å². The van der Waals surface area contributed by atoms with Gasteiger partial charge in [0.05, 0.1) is 12.2 Å². The zero-order valence-corrected chi connectivity index (χ0v) is 29.4. The first kappa shape index (κ1) is 36.4. The summed E-state index contributed by atoms with van der Waals surface area (Å²) in [6.07, 6.45) is 0.349. The molecule has 3 aromatic rings. The zero-order valence-electron chi connectivity index (χ0n) is 27.8. The van der Waals surface area contributed by atoms with Crippen LogP contribution in [-0.2, 0) is 38.5 Å². The molecule has 2 aliphatic heterocycles. The summed E-state index contributed by atoms with van der Waals surface area (Å²) in [5, 5.41) is 2.67. The van der Waals surface area contributed by atoms with Gasteiger partial charge in [0.25, 0.3) is 0 Å². The van der Waals surface area contributed by atoms with E-state index in [1.54, 1.807) is 75.4 Å². The van der Waals surface area contributed by atoms with Crippen LogP contribution in [0.15, 0.2) is 66.7 Å². The monoisotopic (exact) mass is 715 g/mol. The first-order valence-electron chi connectivity index (χ1n) is 16.2. The van der Waals surface area contributed by atoms with Crippen LogP contribution in [-0.4, -0.2) is 68.6 Å². The van der Waals surface area contributed by atoms with Crippen LogP contribution < -0.4 is 10.8 Å². The molecule has 3 atom stereocenters. The van der Waals surface area contributed by atoms with Crippen LogP contribution in [0.25, 0.3) is 10.4 Å².